The molecule has 2 fully saturated rings. The van der Waals surface area contributed by atoms with E-state index in [0.29, 0.717) is 12.2 Å². The third kappa shape index (κ3) is 1.77. The Hall–Kier alpha value is -1.75. The number of carbonyl (C=O) groups is 1. The summed E-state index contributed by atoms with van der Waals surface area (Å²) in [6.45, 7) is 0.702. The average Bonchev–Trinajstić information content (AvgIpc) is 2.89. The fraction of sp³-hybridized carbons (Fsp3) is 0.533. The zero-order valence-corrected chi connectivity index (χ0v) is 11.3. The van der Waals surface area contributed by atoms with Crippen molar-refractivity contribution < 1.29 is 9.53 Å². The molecule has 20 heavy (non-hydrogen) atoms. The third-order valence-corrected chi connectivity index (χ3v) is 4.72. The summed E-state index contributed by atoms with van der Waals surface area (Å²) in [6, 6.07) is 0. The van der Waals surface area contributed by atoms with Crippen LogP contribution in [0.4, 0.5) is 0 Å². The molecule has 2 aromatic rings. The Bertz CT molecular complexity index is 660. The van der Waals surface area contributed by atoms with Crippen LogP contribution in [0.3, 0.4) is 0 Å². The van der Waals surface area contributed by atoms with Crippen LogP contribution >= 0.6 is 0 Å². The minimum absolute atomic E-state index is 0.000204. The van der Waals surface area contributed by atoms with E-state index in [0.717, 1.165) is 31.2 Å². The van der Waals surface area contributed by atoms with Gasteiger partial charge in [0.25, 0.3) is 0 Å². The normalized spacial score (nSPS) is 24.7. The highest BCUT2D eigenvalue weighted by Gasteiger charge is 2.44. The van der Waals surface area contributed by atoms with Crippen LogP contribution in [0.5, 0.6) is 0 Å². The number of fused-ring (bicyclic) bond motifs is 1. The van der Waals surface area contributed by atoms with Gasteiger partial charge < -0.3 is 4.74 Å². The van der Waals surface area contributed by atoms with Crippen LogP contribution < -0.4 is 0 Å². The Morgan fingerprint density at radius 2 is 2.30 bits per heavy atom. The van der Waals surface area contributed by atoms with E-state index < -0.39 is 0 Å². The minimum Gasteiger partial charge on any atom is -0.375 e. The van der Waals surface area contributed by atoms with Crippen molar-refractivity contribution in [1.29, 1.82) is 0 Å². The number of hydrogen-bond acceptors (Lipinski definition) is 4. The van der Waals surface area contributed by atoms with Gasteiger partial charge in [-0.15, -0.1) is 0 Å². The van der Waals surface area contributed by atoms with Gasteiger partial charge in [0.1, 0.15) is 0 Å². The van der Waals surface area contributed by atoms with Gasteiger partial charge in [0.05, 0.1) is 29.1 Å². The SMILES string of the molecule is O=C(c1cnn2ccncc12)C1CCOC2(CCC2)C1. The number of ether oxygens (including phenoxy) is 1. The van der Waals surface area contributed by atoms with Gasteiger partial charge in [0.15, 0.2) is 5.78 Å². The Kier molecular flexibility index (Phi) is 2.63. The lowest BCUT2D eigenvalue weighted by atomic mass is 9.70. The molecule has 1 saturated heterocycles. The first-order chi connectivity index (χ1) is 9.77. The Morgan fingerprint density at radius 1 is 1.40 bits per heavy atom. The molecule has 1 spiro atoms. The molecular formula is C15H17N3O2. The van der Waals surface area contributed by atoms with E-state index in [2.05, 4.69) is 10.1 Å². The second kappa shape index (κ2) is 4.38. The number of carbonyl (C=O) groups excluding carboxylic acids is 1. The predicted octanol–water partition coefficient (Wildman–Crippen LogP) is 2.26. The van der Waals surface area contributed by atoms with Crippen molar-refractivity contribution in [3.8, 4) is 0 Å². The maximum Gasteiger partial charge on any atom is 0.169 e. The Labute approximate surface area is 117 Å². The number of aromatic nitrogens is 3. The molecular weight excluding hydrogens is 254 g/mol. The van der Waals surface area contributed by atoms with Gasteiger partial charge in [-0.25, -0.2) is 4.52 Å². The Morgan fingerprint density at radius 3 is 3.10 bits per heavy atom. The van der Waals surface area contributed by atoms with Gasteiger partial charge in [-0.2, -0.15) is 5.10 Å². The molecule has 1 atom stereocenters. The standard InChI is InChI=1S/C15H17N3O2/c19-14(11-2-7-20-15(8-11)3-1-4-15)12-9-17-18-6-5-16-10-13(12)18/h5-6,9-11H,1-4,7-8H2. The van der Waals surface area contributed by atoms with E-state index in [4.69, 9.17) is 4.74 Å². The van der Waals surface area contributed by atoms with Gasteiger partial charge >= 0.3 is 0 Å². The molecule has 5 nitrogen and oxygen atoms in total. The van der Waals surface area contributed by atoms with Gasteiger partial charge in [-0.05, 0) is 32.1 Å². The van der Waals surface area contributed by atoms with Crippen LogP contribution in [0.2, 0.25) is 0 Å². The summed E-state index contributed by atoms with van der Waals surface area (Å²) in [5.41, 5.74) is 1.49. The van der Waals surface area contributed by atoms with Crippen molar-refractivity contribution in [3.05, 3.63) is 30.4 Å². The summed E-state index contributed by atoms with van der Waals surface area (Å²) in [5, 5.41) is 4.23. The van der Waals surface area contributed by atoms with Crippen molar-refractivity contribution in [3.63, 3.8) is 0 Å². The van der Waals surface area contributed by atoms with Gasteiger partial charge in [-0.3, -0.25) is 9.78 Å². The van der Waals surface area contributed by atoms with Crippen LogP contribution in [-0.2, 0) is 4.74 Å². The first-order valence-corrected chi connectivity index (χ1v) is 7.23. The fourth-order valence-electron chi connectivity index (χ4n) is 3.42. The summed E-state index contributed by atoms with van der Waals surface area (Å²) < 4.78 is 7.61. The van der Waals surface area contributed by atoms with Crippen molar-refractivity contribution in [2.75, 3.05) is 6.61 Å². The zero-order valence-electron chi connectivity index (χ0n) is 11.3. The van der Waals surface area contributed by atoms with Crippen molar-refractivity contribution in [2.24, 2.45) is 5.92 Å². The Balaban J connectivity index is 1.63. The van der Waals surface area contributed by atoms with Crippen LogP contribution in [0, 0.1) is 5.92 Å². The monoisotopic (exact) mass is 271 g/mol. The van der Waals surface area contributed by atoms with Crippen molar-refractivity contribution >= 4 is 11.3 Å². The molecule has 2 aliphatic rings. The number of nitrogens with zero attached hydrogens (tertiary/aromatic N) is 3. The highest BCUT2D eigenvalue weighted by molar-refractivity contribution is 6.03. The van der Waals surface area contributed by atoms with E-state index >= 15 is 0 Å². The number of Topliss-reactive ketones (excluding diaryl/α,β-unsaturated/α-hetero) is 1. The number of rotatable bonds is 2. The average molecular weight is 271 g/mol. The zero-order chi connectivity index (χ0) is 13.6. The first kappa shape index (κ1) is 12.0. The molecule has 1 aliphatic heterocycles. The van der Waals surface area contributed by atoms with E-state index in [-0.39, 0.29) is 17.3 Å². The molecule has 1 saturated carbocycles. The molecule has 4 rings (SSSR count). The number of hydrogen-bond donors (Lipinski definition) is 0. The molecule has 2 aromatic heterocycles. The third-order valence-electron chi connectivity index (χ3n) is 4.72. The molecule has 0 bridgehead atoms. The van der Waals surface area contributed by atoms with Gasteiger partial charge in [0.2, 0.25) is 0 Å². The van der Waals surface area contributed by atoms with Gasteiger partial charge in [-0.1, -0.05) is 0 Å². The van der Waals surface area contributed by atoms with Crippen LogP contribution in [0.1, 0.15) is 42.5 Å². The summed E-state index contributed by atoms with van der Waals surface area (Å²) in [7, 11) is 0. The van der Waals surface area contributed by atoms with E-state index in [1.54, 1.807) is 29.3 Å². The smallest absolute Gasteiger partial charge is 0.169 e. The summed E-state index contributed by atoms with van der Waals surface area (Å²) in [4.78, 5) is 16.9. The molecule has 0 amide bonds. The van der Waals surface area contributed by atoms with Crippen molar-refractivity contribution in [2.45, 2.75) is 37.7 Å². The maximum atomic E-state index is 12.8. The first-order valence-electron chi connectivity index (χ1n) is 7.23. The molecule has 0 aromatic carbocycles. The highest BCUT2D eigenvalue weighted by atomic mass is 16.5. The molecule has 1 unspecified atom stereocenters. The summed E-state index contributed by atoms with van der Waals surface area (Å²) in [6.07, 6.45) is 11.9. The predicted molar refractivity (Wildman–Crippen MR) is 72.6 cm³/mol. The number of ketones is 1. The second-order valence-corrected chi connectivity index (χ2v) is 5.90. The largest absolute Gasteiger partial charge is 0.375 e. The minimum atomic E-state index is -0.000204. The topological polar surface area (TPSA) is 56.5 Å². The summed E-state index contributed by atoms with van der Waals surface area (Å²) >= 11 is 0. The van der Waals surface area contributed by atoms with Crippen LogP contribution in [-0.4, -0.2) is 32.6 Å². The van der Waals surface area contributed by atoms with Crippen molar-refractivity contribution in [1.82, 2.24) is 14.6 Å². The summed E-state index contributed by atoms with van der Waals surface area (Å²) in [5.74, 6) is 0.264. The van der Waals surface area contributed by atoms with E-state index in [1.165, 1.54) is 6.42 Å². The lowest BCUT2D eigenvalue weighted by molar-refractivity contribution is -0.137. The van der Waals surface area contributed by atoms with E-state index in [1.807, 2.05) is 0 Å². The van der Waals surface area contributed by atoms with Crippen LogP contribution in [0.25, 0.3) is 5.52 Å². The molecule has 3 heterocycles. The quantitative estimate of drug-likeness (QED) is 0.786. The van der Waals surface area contributed by atoms with E-state index in [9.17, 15) is 4.79 Å². The second-order valence-electron chi connectivity index (χ2n) is 5.90. The molecule has 0 N–H and O–H groups in total. The fourth-order valence-corrected chi connectivity index (χ4v) is 3.42. The lowest BCUT2D eigenvalue weighted by Crippen LogP contribution is -2.47. The molecule has 104 valence electrons. The molecule has 5 heteroatoms. The van der Waals surface area contributed by atoms with Crippen LogP contribution in [0.15, 0.2) is 24.8 Å². The highest BCUT2D eigenvalue weighted by Crippen LogP contribution is 2.45. The molecule has 0 radical (unpaired) electrons. The lowest BCUT2D eigenvalue weighted by Gasteiger charge is -2.46. The molecule has 1 aliphatic carbocycles. The van der Waals surface area contributed by atoms with Gasteiger partial charge in [0, 0.05) is 24.9 Å². The maximum absolute atomic E-state index is 12.8.